The summed E-state index contributed by atoms with van der Waals surface area (Å²) in [5.74, 6) is -0.598. The van der Waals surface area contributed by atoms with Gasteiger partial charge in [0.1, 0.15) is 11.6 Å². The third-order valence-electron chi connectivity index (χ3n) is 4.89. The summed E-state index contributed by atoms with van der Waals surface area (Å²) in [4.78, 5) is 28.5. The first-order valence-electron chi connectivity index (χ1n) is 9.11. The van der Waals surface area contributed by atoms with Crippen LogP contribution in [0, 0.1) is 5.82 Å². The van der Waals surface area contributed by atoms with Gasteiger partial charge in [0.2, 0.25) is 5.91 Å². The van der Waals surface area contributed by atoms with Crippen LogP contribution in [0.1, 0.15) is 28.4 Å². The van der Waals surface area contributed by atoms with Crippen molar-refractivity contribution in [2.45, 2.75) is 19.8 Å². The number of rotatable bonds is 4. The average Bonchev–Trinajstić information content (AvgIpc) is 2.69. The zero-order valence-electron chi connectivity index (χ0n) is 15.3. The summed E-state index contributed by atoms with van der Waals surface area (Å²) in [6.07, 6.45) is 1.000. The number of benzene rings is 2. The van der Waals surface area contributed by atoms with Crippen LogP contribution in [0.25, 0.3) is 0 Å². The van der Waals surface area contributed by atoms with Gasteiger partial charge in [-0.15, -0.1) is 0 Å². The van der Waals surface area contributed by atoms with Crippen LogP contribution in [-0.4, -0.2) is 52.9 Å². The third kappa shape index (κ3) is 4.45. The fraction of sp³-hybridized carbons (Fsp3) is 0.333. The van der Waals surface area contributed by atoms with Crippen LogP contribution in [0.4, 0.5) is 4.39 Å². The number of piperazine rings is 1. The van der Waals surface area contributed by atoms with E-state index in [0.29, 0.717) is 31.7 Å². The zero-order valence-corrected chi connectivity index (χ0v) is 15.3. The van der Waals surface area contributed by atoms with Gasteiger partial charge in [-0.2, -0.15) is 0 Å². The monoisotopic (exact) mass is 370 g/mol. The Bertz CT molecular complexity index is 828. The number of carbonyl (C=O) groups is 2. The van der Waals surface area contributed by atoms with Crippen molar-refractivity contribution in [2.75, 3.05) is 26.2 Å². The van der Waals surface area contributed by atoms with E-state index in [4.69, 9.17) is 0 Å². The maximum atomic E-state index is 13.0. The van der Waals surface area contributed by atoms with Crippen molar-refractivity contribution in [3.8, 4) is 5.75 Å². The lowest BCUT2D eigenvalue weighted by molar-refractivity contribution is -0.131. The number of phenols is 1. The minimum Gasteiger partial charge on any atom is -0.507 e. The molecular weight excluding hydrogens is 347 g/mol. The molecule has 1 aliphatic rings. The summed E-state index contributed by atoms with van der Waals surface area (Å²) in [7, 11) is 0. The lowest BCUT2D eigenvalue weighted by Crippen LogP contribution is -2.51. The molecule has 27 heavy (non-hydrogen) atoms. The molecular formula is C21H23FN2O3. The lowest BCUT2D eigenvalue weighted by atomic mass is 10.1. The van der Waals surface area contributed by atoms with Crippen LogP contribution in [0.3, 0.4) is 0 Å². The molecule has 0 bridgehead atoms. The normalized spacial score (nSPS) is 14.3. The molecule has 1 aliphatic heterocycles. The first kappa shape index (κ1) is 18.9. The molecule has 2 amide bonds. The van der Waals surface area contributed by atoms with Crippen LogP contribution in [-0.2, 0) is 17.6 Å². The number of hydrogen-bond donors (Lipinski definition) is 1. The molecule has 0 radical (unpaired) electrons. The van der Waals surface area contributed by atoms with E-state index < -0.39 is 0 Å². The Balaban J connectivity index is 1.59. The Morgan fingerprint density at radius 1 is 0.963 bits per heavy atom. The second-order valence-corrected chi connectivity index (χ2v) is 6.68. The van der Waals surface area contributed by atoms with E-state index in [1.807, 2.05) is 6.92 Å². The van der Waals surface area contributed by atoms with E-state index >= 15 is 0 Å². The highest BCUT2D eigenvalue weighted by molar-refractivity contribution is 5.97. The number of amides is 2. The number of phenolic OH excluding ortho intramolecular Hbond substituents is 1. The molecule has 0 aromatic heterocycles. The van der Waals surface area contributed by atoms with Crippen molar-refractivity contribution in [3.63, 3.8) is 0 Å². The van der Waals surface area contributed by atoms with Crippen molar-refractivity contribution in [1.82, 2.24) is 9.80 Å². The van der Waals surface area contributed by atoms with Crippen LogP contribution < -0.4 is 0 Å². The van der Waals surface area contributed by atoms with E-state index in [9.17, 15) is 19.1 Å². The van der Waals surface area contributed by atoms with Crippen LogP contribution in [0.2, 0.25) is 0 Å². The van der Waals surface area contributed by atoms with Crippen LogP contribution >= 0.6 is 0 Å². The zero-order chi connectivity index (χ0) is 19.4. The summed E-state index contributed by atoms with van der Waals surface area (Å²) in [5, 5.41) is 10.0. The second-order valence-electron chi connectivity index (χ2n) is 6.68. The van der Waals surface area contributed by atoms with E-state index in [2.05, 4.69) is 0 Å². The molecule has 0 aliphatic carbocycles. The molecule has 142 valence electrons. The highest BCUT2D eigenvalue weighted by atomic mass is 19.1. The van der Waals surface area contributed by atoms with Crippen molar-refractivity contribution < 1.29 is 19.1 Å². The standard InChI is InChI=1S/C21H23FN2O3/c1-2-15-5-8-19(25)18(13-15)21(27)24-11-9-23(10-12-24)20(26)14-16-3-6-17(22)7-4-16/h3-8,13,25H,2,9-12,14H2,1H3. The second kappa shape index (κ2) is 8.20. The maximum absolute atomic E-state index is 13.0. The minimum absolute atomic E-state index is 0.0213. The Morgan fingerprint density at radius 3 is 2.19 bits per heavy atom. The average molecular weight is 370 g/mol. The first-order valence-corrected chi connectivity index (χ1v) is 9.11. The van der Waals surface area contributed by atoms with Gasteiger partial charge in [-0.25, -0.2) is 4.39 Å². The predicted molar refractivity (Wildman–Crippen MR) is 100 cm³/mol. The quantitative estimate of drug-likeness (QED) is 0.900. The van der Waals surface area contributed by atoms with Gasteiger partial charge in [-0.3, -0.25) is 9.59 Å². The van der Waals surface area contributed by atoms with E-state index in [1.54, 1.807) is 40.1 Å². The van der Waals surface area contributed by atoms with Crippen LogP contribution in [0.15, 0.2) is 42.5 Å². The molecule has 2 aromatic rings. The van der Waals surface area contributed by atoms with Crippen molar-refractivity contribution in [1.29, 1.82) is 0 Å². The summed E-state index contributed by atoms with van der Waals surface area (Å²) in [6, 6.07) is 11.0. The van der Waals surface area contributed by atoms with E-state index in [0.717, 1.165) is 17.5 Å². The van der Waals surface area contributed by atoms with Crippen molar-refractivity contribution in [3.05, 3.63) is 65.0 Å². The lowest BCUT2D eigenvalue weighted by Gasteiger charge is -2.35. The van der Waals surface area contributed by atoms with E-state index in [1.165, 1.54) is 12.1 Å². The number of hydrogen-bond acceptors (Lipinski definition) is 3. The van der Waals surface area contributed by atoms with Gasteiger partial charge in [0, 0.05) is 26.2 Å². The molecule has 0 atom stereocenters. The van der Waals surface area contributed by atoms with Gasteiger partial charge >= 0.3 is 0 Å². The smallest absolute Gasteiger partial charge is 0.257 e. The number of carbonyl (C=O) groups excluding carboxylic acids is 2. The molecule has 6 heteroatoms. The predicted octanol–water partition coefficient (Wildman–Crippen LogP) is 2.62. The molecule has 0 spiro atoms. The molecule has 1 N–H and O–H groups in total. The van der Waals surface area contributed by atoms with Gasteiger partial charge in [-0.05, 0) is 41.8 Å². The Labute approximate surface area is 158 Å². The molecule has 1 heterocycles. The fourth-order valence-corrected chi connectivity index (χ4v) is 3.19. The summed E-state index contributed by atoms with van der Waals surface area (Å²) < 4.78 is 13.0. The molecule has 5 nitrogen and oxygen atoms in total. The highest BCUT2D eigenvalue weighted by Gasteiger charge is 2.26. The van der Waals surface area contributed by atoms with Crippen molar-refractivity contribution in [2.24, 2.45) is 0 Å². The summed E-state index contributed by atoms with van der Waals surface area (Å²) in [5.41, 5.74) is 2.06. The van der Waals surface area contributed by atoms with Gasteiger partial charge < -0.3 is 14.9 Å². The molecule has 1 saturated heterocycles. The Morgan fingerprint density at radius 2 is 1.56 bits per heavy atom. The third-order valence-corrected chi connectivity index (χ3v) is 4.89. The fourth-order valence-electron chi connectivity index (χ4n) is 3.19. The number of halogens is 1. The van der Waals surface area contributed by atoms with Gasteiger partial charge in [-0.1, -0.05) is 25.1 Å². The molecule has 1 fully saturated rings. The largest absolute Gasteiger partial charge is 0.507 e. The molecule has 2 aromatic carbocycles. The molecule has 0 saturated carbocycles. The van der Waals surface area contributed by atoms with E-state index in [-0.39, 0.29) is 29.8 Å². The van der Waals surface area contributed by atoms with Crippen LogP contribution in [0.5, 0.6) is 5.75 Å². The van der Waals surface area contributed by atoms with Crippen molar-refractivity contribution >= 4 is 11.8 Å². The van der Waals surface area contributed by atoms with Gasteiger partial charge in [0.05, 0.1) is 12.0 Å². The topological polar surface area (TPSA) is 60.9 Å². The minimum atomic E-state index is -0.325. The number of nitrogens with zero attached hydrogens (tertiary/aromatic N) is 2. The highest BCUT2D eigenvalue weighted by Crippen LogP contribution is 2.21. The van der Waals surface area contributed by atoms with Gasteiger partial charge in [0.15, 0.2) is 0 Å². The summed E-state index contributed by atoms with van der Waals surface area (Å²) >= 11 is 0. The Hall–Kier alpha value is -2.89. The SMILES string of the molecule is CCc1ccc(O)c(C(=O)N2CCN(C(=O)Cc3ccc(F)cc3)CC2)c1. The Kier molecular flexibility index (Phi) is 5.74. The van der Waals surface area contributed by atoms with Gasteiger partial charge in [0.25, 0.3) is 5.91 Å². The molecule has 3 rings (SSSR count). The first-order chi connectivity index (χ1) is 13.0. The summed E-state index contributed by atoms with van der Waals surface area (Å²) in [6.45, 7) is 3.72. The number of aromatic hydroxyl groups is 1. The maximum Gasteiger partial charge on any atom is 0.257 e. The molecule has 0 unspecified atom stereocenters. The number of aryl methyl sites for hydroxylation is 1.